The molecule has 0 spiro atoms. The Morgan fingerprint density at radius 2 is 1.91 bits per heavy atom. The summed E-state index contributed by atoms with van der Waals surface area (Å²) in [6.45, 7) is 4.68. The molecule has 4 heteroatoms. The molecule has 2 N–H and O–H groups in total. The summed E-state index contributed by atoms with van der Waals surface area (Å²) >= 11 is 1.71. The van der Waals surface area contributed by atoms with Crippen LogP contribution in [0.4, 0.5) is 0 Å². The molecule has 0 aliphatic rings. The minimum absolute atomic E-state index is 0.520. The first-order valence-corrected chi connectivity index (χ1v) is 8.36. The van der Waals surface area contributed by atoms with Crippen molar-refractivity contribution in [3.05, 3.63) is 58.5 Å². The second-order valence-electron chi connectivity index (χ2n) is 5.47. The standard InChI is InChI=1S/C19H20N2OS/c1-12-10-14(8-9-17(12)22-3)18-13(2)23-19(21-18)16-7-5-4-6-15(16)11-20/h4-10H,11,20H2,1-3H3. The third-order valence-corrected chi connectivity index (χ3v) is 4.94. The molecule has 118 valence electrons. The summed E-state index contributed by atoms with van der Waals surface area (Å²) in [5.41, 5.74) is 11.4. The van der Waals surface area contributed by atoms with Crippen LogP contribution in [0.2, 0.25) is 0 Å². The molecule has 3 aromatic rings. The maximum atomic E-state index is 5.86. The molecule has 0 aliphatic heterocycles. The Bertz CT molecular complexity index is 839. The van der Waals surface area contributed by atoms with Gasteiger partial charge in [0, 0.05) is 22.5 Å². The van der Waals surface area contributed by atoms with Gasteiger partial charge in [-0.15, -0.1) is 11.3 Å². The minimum Gasteiger partial charge on any atom is -0.496 e. The van der Waals surface area contributed by atoms with Crippen LogP contribution in [0.15, 0.2) is 42.5 Å². The van der Waals surface area contributed by atoms with Crippen LogP contribution >= 0.6 is 11.3 Å². The van der Waals surface area contributed by atoms with Gasteiger partial charge in [-0.05, 0) is 43.2 Å². The molecule has 0 unspecified atom stereocenters. The molecule has 0 radical (unpaired) electrons. The predicted molar refractivity (Wildman–Crippen MR) is 96.9 cm³/mol. The SMILES string of the molecule is COc1ccc(-c2nc(-c3ccccc3CN)sc2C)cc1C. The van der Waals surface area contributed by atoms with Crippen molar-refractivity contribution in [2.45, 2.75) is 20.4 Å². The molecule has 0 fully saturated rings. The number of methoxy groups -OCH3 is 1. The maximum absolute atomic E-state index is 5.86. The van der Waals surface area contributed by atoms with E-state index in [1.165, 1.54) is 4.88 Å². The van der Waals surface area contributed by atoms with Crippen molar-refractivity contribution in [1.29, 1.82) is 0 Å². The van der Waals surface area contributed by atoms with Gasteiger partial charge in [0.05, 0.1) is 12.8 Å². The summed E-state index contributed by atoms with van der Waals surface area (Å²) < 4.78 is 5.34. The summed E-state index contributed by atoms with van der Waals surface area (Å²) in [6, 6.07) is 14.4. The zero-order valence-electron chi connectivity index (χ0n) is 13.6. The van der Waals surface area contributed by atoms with E-state index in [0.717, 1.165) is 38.7 Å². The van der Waals surface area contributed by atoms with E-state index in [4.69, 9.17) is 15.5 Å². The van der Waals surface area contributed by atoms with E-state index in [9.17, 15) is 0 Å². The molecule has 0 aliphatic carbocycles. The number of hydrogen-bond donors (Lipinski definition) is 1. The van der Waals surface area contributed by atoms with Crippen LogP contribution in [0.1, 0.15) is 16.0 Å². The van der Waals surface area contributed by atoms with Crippen LogP contribution < -0.4 is 10.5 Å². The molecule has 1 aromatic heterocycles. The average molecular weight is 324 g/mol. The zero-order valence-corrected chi connectivity index (χ0v) is 14.4. The highest BCUT2D eigenvalue weighted by molar-refractivity contribution is 7.15. The molecule has 1 heterocycles. The Morgan fingerprint density at radius 3 is 2.61 bits per heavy atom. The van der Waals surface area contributed by atoms with Gasteiger partial charge in [-0.25, -0.2) is 4.98 Å². The Morgan fingerprint density at radius 1 is 1.13 bits per heavy atom. The number of ether oxygens (including phenoxy) is 1. The van der Waals surface area contributed by atoms with Crippen LogP contribution in [0.25, 0.3) is 21.8 Å². The van der Waals surface area contributed by atoms with Crippen LogP contribution in [-0.4, -0.2) is 12.1 Å². The lowest BCUT2D eigenvalue weighted by Crippen LogP contribution is -1.98. The number of nitrogens with zero attached hydrogens (tertiary/aromatic N) is 1. The Balaban J connectivity index is 2.06. The summed E-state index contributed by atoms with van der Waals surface area (Å²) in [5.74, 6) is 0.898. The van der Waals surface area contributed by atoms with E-state index in [-0.39, 0.29) is 0 Å². The molecule has 0 atom stereocenters. The number of aryl methyl sites for hydroxylation is 2. The van der Waals surface area contributed by atoms with E-state index in [1.807, 2.05) is 18.2 Å². The van der Waals surface area contributed by atoms with Crippen molar-refractivity contribution in [1.82, 2.24) is 4.98 Å². The summed E-state index contributed by atoms with van der Waals surface area (Å²) in [6.07, 6.45) is 0. The molecule has 0 saturated carbocycles. The molecule has 0 saturated heterocycles. The van der Waals surface area contributed by atoms with Gasteiger partial charge in [0.25, 0.3) is 0 Å². The first-order valence-electron chi connectivity index (χ1n) is 7.55. The molecular weight excluding hydrogens is 304 g/mol. The van der Waals surface area contributed by atoms with Crippen molar-refractivity contribution in [3.63, 3.8) is 0 Å². The van der Waals surface area contributed by atoms with Crippen molar-refractivity contribution in [3.8, 4) is 27.6 Å². The highest BCUT2D eigenvalue weighted by Gasteiger charge is 2.14. The van der Waals surface area contributed by atoms with E-state index in [1.54, 1.807) is 18.4 Å². The first-order chi connectivity index (χ1) is 11.1. The number of hydrogen-bond acceptors (Lipinski definition) is 4. The lowest BCUT2D eigenvalue weighted by Gasteiger charge is -2.06. The zero-order chi connectivity index (χ0) is 16.4. The summed E-state index contributed by atoms with van der Waals surface area (Å²) in [5, 5.41) is 1.02. The molecule has 23 heavy (non-hydrogen) atoms. The number of thiazole rings is 1. The molecular formula is C19H20N2OS. The van der Waals surface area contributed by atoms with Crippen molar-refractivity contribution in [2.24, 2.45) is 5.73 Å². The van der Waals surface area contributed by atoms with Gasteiger partial charge in [0.15, 0.2) is 0 Å². The first kappa shape index (κ1) is 15.7. The van der Waals surface area contributed by atoms with Gasteiger partial charge in [0.2, 0.25) is 0 Å². The molecule has 0 bridgehead atoms. The largest absolute Gasteiger partial charge is 0.496 e. The Labute approximate surface area is 140 Å². The average Bonchev–Trinajstić information content (AvgIpc) is 2.96. The van der Waals surface area contributed by atoms with Crippen LogP contribution in [0.5, 0.6) is 5.75 Å². The van der Waals surface area contributed by atoms with Gasteiger partial charge in [-0.2, -0.15) is 0 Å². The van der Waals surface area contributed by atoms with Crippen molar-refractivity contribution >= 4 is 11.3 Å². The lowest BCUT2D eigenvalue weighted by atomic mass is 10.1. The predicted octanol–water partition coefficient (Wildman–Crippen LogP) is 4.56. The molecule has 3 nitrogen and oxygen atoms in total. The normalized spacial score (nSPS) is 10.8. The molecule has 3 rings (SSSR count). The van der Waals surface area contributed by atoms with Gasteiger partial charge in [-0.1, -0.05) is 24.3 Å². The van der Waals surface area contributed by atoms with Gasteiger partial charge >= 0.3 is 0 Å². The molecule has 2 aromatic carbocycles. The Hall–Kier alpha value is -2.17. The minimum atomic E-state index is 0.520. The van der Waals surface area contributed by atoms with Gasteiger partial charge < -0.3 is 10.5 Å². The van der Waals surface area contributed by atoms with E-state index < -0.39 is 0 Å². The number of nitrogens with two attached hydrogens (primary N) is 1. The fourth-order valence-electron chi connectivity index (χ4n) is 2.71. The quantitative estimate of drug-likeness (QED) is 0.765. The monoisotopic (exact) mass is 324 g/mol. The second-order valence-corrected chi connectivity index (χ2v) is 6.67. The highest BCUT2D eigenvalue weighted by Crippen LogP contribution is 2.35. The van der Waals surface area contributed by atoms with E-state index in [2.05, 4.69) is 38.1 Å². The van der Waals surface area contributed by atoms with Crippen LogP contribution in [0.3, 0.4) is 0 Å². The fourth-order valence-corrected chi connectivity index (χ4v) is 3.71. The fraction of sp³-hybridized carbons (Fsp3) is 0.211. The van der Waals surface area contributed by atoms with Crippen LogP contribution in [-0.2, 0) is 6.54 Å². The Kier molecular flexibility index (Phi) is 4.46. The summed E-state index contributed by atoms with van der Waals surface area (Å²) in [7, 11) is 1.69. The van der Waals surface area contributed by atoms with Gasteiger partial charge in [0.1, 0.15) is 10.8 Å². The van der Waals surface area contributed by atoms with E-state index in [0.29, 0.717) is 6.54 Å². The smallest absolute Gasteiger partial charge is 0.124 e. The second kappa shape index (κ2) is 6.52. The van der Waals surface area contributed by atoms with E-state index >= 15 is 0 Å². The lowest BCUT2D eigenvalue weighted by molar-refractivity contribution is 0.412. The number of benzene rings is 2. The third-order valence-electron chi connectivity index (χ3n) is 3.93. The third kappa shape index (κ3) is 3.00. The maximum Gasteiger partial charge on any atom is 0.124 e. The van der Waals surface area contributed by atoms with Crippen molar-refractivity contribution in [2.75, 3.05) is 7.11 Å². The summed E-state index contributed by atoms with van der Waals surface area (Å²) in [4.78, 5) is 6.08. The number of aromatic nitrogens is 1. The highest BCUT2D eigenvalue weighted by atomic mass is 32.1. The van der Waals surface area contributed by atoms with Gasteiger partial charge in [-0.3, -0.25) is 0 Å². The van der Waals surface area contributed by atoms with Crippen LogP contribution in [0, 0.1) is 13.8 Å². The van der Waals surface area contributed by atoms with Crippen molar-refractivity contribution < 1.29 is 4.74 Å². The molecule has 0 amide bonds. The topological polar surface area (TPSA) is 48.1 Å². The number of rotatable bonds is 4.